The summed E-state index contributed by atoms with van der Waals surface area (Å²) in [5, 5.41) is 8.45. The molecule has 1 amide bonds. The van der Waals surface area contributed by atoms with E-state index < -0.39 is 11.6 Å². The number of hydrogen-bond acceptors (Lipinski definition) is 5. The molecule has 0 unspecified atom stereocenters. The molecule has 0 radical (unpaired) electrons. The molecule has 3 N–H and O–H groups in total. The Labute approximate surface area is 135 Å². The molecule has 8 heteroatoms. The van der Waals surface area contributed by atoms with Crippen LogP contribution in [0.3, 0.4) is 0 Å². The number of benzene rings is 1. The van der Waals surface area contributed by atoms with Gasteiger partial charge >= 0.3 is 5.69 Å². The Bertz CT molecular complexity index is 863. The molecule has 2 aromatic heterocycles. The first-order chi connectivity index (χ1) is 11.2. The van der Waals surface area contributed by atoms with E-state index in [1.807, 2.05) is 36.4 Å². The fourth-order valence-corrected chi connectivity index (χ4v) is 2.97. The van der Waals surface area contributed by atoms with E-state index >= 15 is 0 Å². The maximum atomic E-state index is 11.8. The molecule has 3 rings (SSSR count). The molecule has 0 spiro atoms. The molecule has 7 nitrogen and oxygen atoms in total. The van der Waals surface area contributed by atoms with E-state index in [-0.39, 0.29) is 5.82 Å². The van der Waals surface area contributed by atoms with Crippen LogP contribution in [0.5, 0.6) is 5.75 Å². The second kappa shape index (κ2) is 6.49. The van der Waals surface area contributed by atoms with Gasteiger partial charge in [-0.15, -0.1) is 16.4 Å². The van der Waals surface area contributed by atoms with Crippen LogP contribution >= 0.6 is 11.3 Å². The third kappa shape index (κ3) is 3.49. The number of H-pyrrole nitrogens is 2. The molecule has 118 valence electrons. The van der Waals surface area contributed by atoms with Crippen LogP contribution in [0.15, 0.2) is 41.2 Å². The Kier molecular flexibility index (Phi) is 4.24. The van der Waals surface area contributed by atoms with Gasteiger partial charge < -0.3 is 10.1 Å². The molecule has 3 aromatic rings. The van der Waals surface area contributed by atoms with Gasteiger partial charge in [0.1, 0.15) is 5.75 Å². The fraction of sp³-hybridized carbons (Fsp3) is 0.133. The van der Waals surface area contributed by atoms with E-state index in [9.17, 15) is 9.59 Å². The minimum Gasteiger partial charge on any atom is -0.497 e. The van der Waals surface area contributed by atoms with Crippen molar-refractivity contribution in [2.45, 2.75) is 6.54 Å². The highest BCUT2D eigenvalue weighted by Gasteiger charge is 2.10. The Balaban J connectivity index is 1.64. The van der Waals surface area contributed by atoms with Gasteiger partial charge in [-0.3, -0.25) is 9.78 Å². The second-order valence-electron chi connectivity index (χ2n) is 4.70. The molecule has 23 heavy (non-hydrogen) atoms. The van der Waals surface area contributed by atoms with Gasteiger partial charge in [-0.1, -0.05) is 0 Å². The number of amides is 1. The lowest BCUT2D eigenvalue weighted by molar-refractivity contribution is 0.0941. The highest BCUT2D eigenvalue weighted by molar-refractivity contribution is 7.15. The zero-order chi connectivity index (χ0) is 16.2. The van der Waals surface area contributed by atoms with Crippen LogP contribution in [-0.2, 0) is 6.54 Å². The lowest BCUT2D eigenvalue weighted by atomic mass is 10.2. The molecule has 1 aromatic carbocycles. The number of methoxy groups -OCH3 is 1. The number of rotatable bonds is 5. The minimum absolute atomic E-state index is 0.0260. The van der Waals surface area contributed by atoms with Gasteiger partial charge in [0.15, 0.2) is 0 Å². The molecule has 0 saturated carbocycles. The van der Waals surface area contributed by atoms with Gasteiger partial charge in [0.05, 0.1) is 13.7 Å². The predicted octanol–water partition coefficient (Wildman–Crippen LogP) is 1.77. The summed E-state index contributed by atoms with van der Waals surface area (Å²) >= 11 is 1.59. The van der Waals surface area contributed by atoms with Crippen molar-refractivity contribution in [3.63, 3.8) is 0 Å². The van der Waals surface area contributed by atoms with E-state index in [2.05, 4.69) is 20.5 Å². The van der Waals surface area contributed by atoms with Crippen LogP contribution in [0.2, 0.25) is 0 Å². The molecule has 0 saturated heterocycles. The molecule has 0 aliphatic carbocycles. The van der Waals surface area contributed by atoms with Gasteiger partial charge in [0.25, 0.3) is 5.91 Å². The van der Waals surface area contributed by atoms with Crippen molar-refractivity contribution in [2.24, 2.45) is 0 Å². The highest BCUT2D eigenvalue weighted by atomic mass is 32.1. The first-order valence-corrected chi connectivity index (χ1v) is 7.63. The number of hydrogen-bond donors (Lipinski definition) is 3. The number of nitrogens with zero attached hydrogens (tertiary/aromatic N) is 1. The van der Waals surface area contributed by atoms with Crippen molar-refractivity contribution < 1.29 is 9.53 Å². The molecule has 0 atom stereocenters. The molecule has 0 aliphatic rings. The van der Waals surface area contributed by atoms with E-state index in [1.54, 1.807) is 18.4 Å². The van der Waals surface area contributed by atoms with Crippen LogP contribution < -0.4 is 15.7 Å². The monoisotopic (exact) mass is 330 g/mol. The quantitative estimate of drug-likeness (QED) is 0.664. The summed E-state index contributed by atoms with van der Waals surface area (Å²) in [5.41, 5.74) is 0.582. The highest BCUT2D eigenvalue weighted by Crippen LogP contribution is 2.29. The van der Waals surface area contributed by atoms with Crippen LogP contribution in [-0.4, -0.2) is 28.2 Å². The SMILES string of the molecule is COc1ccc(-c2ccc(CNC(=O)c3n[nH]c(=O)[nH]3)s2)cc1. The lowest BCUT2D eigenvalue weighted by Gasteiger charge is -2.01. The smallest absolute Gasteiger partial charge is 0.341 e. The molecule has 2 heterocycles. The topological polar surface area (TPSA) is 99.9 Å². The summed E-state index contributed by atoms with van der Waals surface area (Å²) in [6, 6.07) is 11.8. The lowest BCUT2D eigenvalue weighted by Crippen LogP contribution is -2.24. The first-order valence-electron chi connectivity index (χ1n) is 6.82. The second-order valence-corrected chi connectivity index (χ2v) is 5.87. The zero-order valence-electron chi connectivity index (χ0n) is 12.3. The van der Waals surface area contributed by atoms with Crippen LogP contribution in [0.1, 0.15) is 15.5 Å². The van der Waals surface area contributed by atoms with Crippen molar-refractivity contribution in [1.29, 1.82) is 0 Å². The first kappa shape index (κ1) is 15.0. The number of thiophene rings is 1. The van der Waals surface area contributed by atoms with Gasteiger partial charge in [0.2, 0.25) is 5.82 Å². The van der Waals surface area contributed by atoms with E-state index in [4.69, 9.17) is 4.74 Å². The maximum absolute atomic E-state index is 11.8. The average molecular weight is 330 g/mol. The minimum atomic E-state index is -0.506. The number of nitrogens with one attached hydrogen (secondary N) is 3. The molecule has 0 aliphatic heterocycles. The molecular weight excluding hydrogens is 316 g/mol. The number of ether oxygens (including phenoxy) is 1. The number of carbonyl (C=O) groups excluding carboxylic acids is 1. The summed E-state index contributed by atoms with van der Waals surface area (Å²) in [5.74, 6) is 0.357. The third-order valence-electron chi connectivity index (χ3n) is 3.18. The summed E-state index contributed by atoms with van der Waals surface area (Å²) in [6.07, 6.45) is 0. The Morgan fingerprint density at radius 3 is 2.70 bits per heavy atom. The molecule has 0 fully saturated rings. The van der Waals surface area contributed by atoms with Crippen molar-refractivity contribution in [1.82, 2.24) is 20.5 Å². The number of carbonyl (C=O) groups is 1. The van der Waals surface area contributed by atoms with Gasteiger partial charge in [0, 0.05) is 9.75 Å². The van der Waals surface area contributed by atoms with E-state index in [0.29, 0.717) is 6.54 Å². The normalized spacial score (nSPS) is 10.5. The maximum Gasteiger partial charge on any atom is 0.341 e. The Hall–Kier alpha value is -2.87. The van der Waals surface area contributed by atoms with Crippen molar-refractivity contribution >= 4 is 17.2 Å². The summed E-state index contributed by atoms with van der Waals surface area (Å²) < 4.78 is 5.14. The van der Waals surface area contributed by atoms with Crippen molar-refractivity contribution in [3.8, 4) is 16.2 Å². The van der Waals surface area contributed by atoms with Crippen molar-refractivity contribution in [2.75, 3.05) is 7.11 Å². The Morgan fingerprint density at radius 1 is 1.26 bits per heavy atom. The van der Waals surface area contributed by atoms with Gasteiger partial charge in [-0.25, -0.2) is 9.89 Å². The fourth-order valence-electron chi connectivity index (χ4n) is 2.01. The van der Waals surface area contributed by atoms with E-state index in [1.165, 1.54) is 0 Å². The average Bonchev–Trinajstić information content (AvgIpc) is 3.22. The summed E-state index contributed by atoms with van der Waals surface area (Å²) in [4.78, 5) is 27.1. The van der Waals surface area contributed by atoms with Crippen molar-refractivity contribution in [3.05, 3.63) is 57.6 Å². The van der Waals surface area contributed by atoms with E-state index in [0.717, 1.165) is 21.1 Å². The summed E-state index contributed by atoms with van der Waals surface area (Å²) in [6.45, 7) is 0.370. The number of aromatic amines is 2. The Morgan fingerprint density at radius 2 is 2.04 bits per heavy atom. The zero-order valence-corrected chi connectivity index (χ0v) is 13.1. The van der Waals surface area contributed by atoms with Crippen LogP contribution in [0.4, 0.5) is 0 Å². The standard InChI is InChI=1S/C15H14N4O3S/c1-22-10-4-2-9(3-5-10)12-7-6-11(23-12)8-16-14(20)13-17-15(21)19-18-13/h2-7H,8H2,1H3,(H,16,20)(H2,17,18,19,21). The number of aromatic nitrogens is 3. The molecule has 0 bridgehead atoms. The third-order valence-corrected chi connectivity index (χ3v) is 4.31. The van der Waals surface area contributed by atoms with Crippen LogP contribution in [0, 0.1) is 0 Å². The predicted molar refractivity (Wildman–Crippen MR) is 86.7 cm³/mol. The molecular formula is C15H14N4O3S. The van der Waals surface area contributed by atoms with Gasteiger partial charge in [-0.2, -0.15) is 0 Å². The largest absolute Gasteiger partial charge is 0.497 e. The van der Waals surface area contributed by atoms with Crippen LogP contribution in [0.25, 0.3) is 10.4 Å². The van der Waals surface area contributed by atoms with Gasteiger partial charge in [-0.05, 0) is 42.0 Å². The summed E-state index contributed by atoms with van der Waals surface area (Å²) in [7, 11) is 1.63.